The molecule has 1 aromatic carbocycles. The summed E-state index contributed by atoms with van der Waals surface area (Å²) in [6.45, 7) is 3.03. The standard InChI is InChI=1S/C13H19NO/c1-2-10-5-7-11(8-6-10)13(14)12-4-3-9-15-12/h5-8,12-13H,2-4,9,14H2,1H3. The number of benzene rings is 1. The number of ether oxygens (including phenoxy) is 1. The van der Waals surface area contributed by atoms with Crippen LogP contribution in [-0.4, -0.2) is 12.7 Å². The SMILES string of the molecule is CCc1ccc(C(N)C2CCCO2)cc1. The average molecular weight is 205 g/mol. The Hall–Kier alpha value is -0.860. The molecule has 2 rings (SSSR count). The zero-order chi connectivity index (χ0) is 10.7. The van der Waals surface area contributed by atoms with Crippen LogP contribution in [0.3, 0.4) is 0 Å². The Kier molecular flexibility index (Phi) is 3.39. The van der Waals surface area contributed by atoms with Crippen LogP contribution in [0.1, 0.15) is 36.9 Å². The highest BCUT2D eigenvalue weighted by Gasteiger charge is 2.23. The van der Waals surface area contributed by atoms with E-state index in [1.165, 1.54) is 11.1 Å². The maximum atomic E-state index is 6.17. The first-order valence-electron chi connectivity index (χ1n) is 5.77. The maximum Gasteiger partial charge on any atom is 0.0768 e. The summed E-state index contributed by atoms with van der Waals surface area (Å²) in [6.07, 6.45) is 3.54. The molecule has 1 aliphatic heterocycles. The number of rotatable bonds is 3. The number of hydrogen-bond acceptors (Lipinski definition) is 2. The Morgan fingerprint density at radius 1 is 1.40 bits per heavy atom. The third-order valence-electron chi connectivity index (χ3n) is 3.14. The third kappa shape index (κ3) is 2.39. The molecule has 0 amide bonds. The van der Waals surface area contributed by atoms with Gasteiger partial charge in [0.1, 0.15) is 0 Å². The van der Waals surface area contributed by atoms with E-state index < -0.39 is 0 Å². The molecule has 0 radical (unpaired) electrons. The van der Waals surface area contributed by atoms with Gasteiger partial charge in [-0.25, -0.2) is 0 Å². The van der Waals surface area contributed by atoms with Gasteiger partial charge < -0.3 is 10.5 Å². The lowest BCUT2D eigenvalue weighted by molar-refractivity contribution is 0.0900. The van der Waals surface area contributed by atoms with Crippen LogP contribution in [0.5, 0.6) is 0 Å². The van der Waals surface area contributed by atoms with Crippen molar-refractivity contribution in [2.24, 2.45) is 5.73 Å². The minimum absolute atomic E-state index is 0.0402. The molecule has 1 aliphatic rings. The predicted molar refractivity (Wildman–Crippen MR) is 61.7 cm³/mol. The summed E-state index contributed by atoms with van der Waals surface area (Å²) in [7, 11) is 0. The van der Waals surface area contributed by atoms with Crippen molar-refractivity contribution in [1.29, 1.82) is 0 Å². The van der Waals surface area contributed by atoms with Crippen LogP contribution in [0.2, 0.25) is 0 Å². The molecule has 2 atom stereocenters. The molecule has 15 heavy (non-hydrogen) atoms. The molecule has 1 heterocycles. The molecule has 1 fully saturated rings. The lowest BCUT2D eigenvalue weighted by Gasteiger charge is -2.19. The van der Waals surface area contributed by atoms with E-state index in [-0.39, 0.29) is 12.1 Å². The van der Waals surface area contributed by atoms with Crippen LogP contribution >= 0.6 is 0 Å². The van der Waals surface area contributed by atoms with Crippen molar-refractivity contribution in [3.63, 3.8) is 0 Å². The summed E-state index contributed by atoms with van der Waals surface area (Å²) < 4.78 is 5.60. The zero-order valence-corrected chi connectivity index (χ0v) is 9.28. The van der Waals surface area contributed by atoms with Crippen LogP contribution in [-0.2, 0) is 11.2 Å². The van der Waals surface area contributed by atoms with Crippen LogP contribution in [0, 0.1) is 0 Å². The first kappa shape index (κ1) is 10.7. The normalized spacial score (nSPS) is 22.9. The Morgan fingerprint density at radius 2 is 2.13 bits per heavy atom. The summed E-state index contributed by atoms with van der Waals surface area (Å²) >= 11 is 0. The van der Waals surface area contributed by atoms with E-state index in [2.05, 4.69) is 31.2 Å². The van der Waals surface area contributed by atoms with Gasteiger partial charge in [0.2, 0.25) is 0 Å². The van der Waals surface area contributed by atoms with Gasteiger partial charge in [-0.15, -0.1) is 0 Å². The van der Waals surface area contributed by atoms with Crippen molar-refractivity contribution in [2.45, 2.75) is 38.3 Å². The molecule has 0 aromatic heterocycles. The van der Waals surface area contributed by atoms with Crippen molar-refractivity contribution >= 4 is 0 Å². The summed E-state index contributed by atoms with van der Waals surface area (Å²) in [5.74, 6) is 0. The van der Waals surface area contributed by atoms with Crippen LogP contribution in [0.15, 0.2) is 24.3 Å². The Balaban J connectivity index is 2.07. The van der Waals surface area contributed by atoms with E-state index in [0.29, 0.717) is 0 Å². The quantitative estimate of drug-likeness (QED) is 0.822. The maximum absolute atomic E-state index is 6.17. The highest BCUT2D eigenvalue weighted by Crippen LogP contribution is 2.24. The van der Waals surface area contributed by atoms with Gasteiger partial charge in [0, 0.05) is 6.61 Å². The second-order valence-corrected chi connectivity index (χ2v) is 4.17. The summed E-state index contributed by atoms with van der Waals surface area (Å²) in [6, 6.07) is 8.61. The second-order valence-electron chi connectivity index (χ2n) is 4.17. The smallest absolute Gasteiger partial charge is 0.0768 e. The van der Waals surface area contributed by atoms with Gasteiger partial charge in [0.15, 0.2) is 0 Å². The molecule has 0 aliphatic carbocycles. The largest absolute Gasteiger partial charge is 0.376 e. The molecule has 1 aromatic rings. The molecule has 2 heteroatoms. The second kappa shape index (κ2) is 4.77. The van der Waals surface area contributed by atoms with E-state index in [0.717, 1.165) is 25.9 Å². The lowest BCUT2D eigenvalue weighted by Crippen LogP contribution is -2.25. The first-order chi connectivity index (χ1) is 7.31. The highest BCUT2D eigenvalue weighted by molar-refractivity contribution is 5.25. The van der Waals surface area contributed by atoms with Gasteiger partial charge in [0.25, 0.3) is 0 Å². The van der Waals surface area contributed by atoms with Crippen molar-refractivity contribution in [3.05, 3.63) is 35.4 Å². The monoisotopic (exact) mass is 205 g/mol. The van der Waals surface area contributed by atoms with Gasteiger partial charge in [-0.05, 0) is 30.4 Å². The average Bonchev–Trinajstić information content (AvgIpc) is 2.82. The first-order valence-corrected chi connectivity index (χ1v) is 5.77. The minimum Gasteiger partial charge on any atom is -0.376 e. The van der Waals surface area contributed by atoms with Crippen molar-refractivity contribution in [2.75, 3.05) is 6.61 Å². The van der Waals surface area contributed by atoms with Gasteiger partial charge in [-0.3, -0.25) is 0 Å². The lowest BCUT2D eigenvalue weighted by atomic mass is 9.99. The van der Waals surface area contributed by atoms with Gasteiger partial charge >= 0.3 is 0 Å². The van der Waals surface area contributed by atoms with Crippen molar-refractivity contribution in [1.82, 2.24) is 0 Å². The summed E-state index contributed by atoms with van der Waals surface area (Å²) in [5.41, 5.74) is 8.72. The zero-order valence-electron chi connectivity index (χ0n) is 9.28. The van der Waals surface area contributed by atoms with Gasteiger partial charge in [-0.2, -0.15) is 0 Å². The van der Waals surface area contributed by atoms with E-state index in [1.807, 2.05) is 0 Å². The molecule has 2 N–H and O–H groups in total. The van der Waals surface area contributed by atoms with Crippen LogP contribution < -0.4 is 5.73 Å². The van der Waals surface area contributed by atoms with Crippen LogP contribution in [0.25, 0.3) is 0 Å². The summed E-state index contributed by atoms with van der Waals surface area (Å²) in [5, 5.41) is 0. The molecule has 0 saturated carbocycles. The molecule has 2 unspecified atom stereocenters. The van der Waals surface area contributed by atoms with Gasteiger partial charge in [-0.1, -0.05) is 31.2 Å². The third-order valence-corrected chi connectivity index (χ3v) is 3.14. The van der Waals surface area contributed by atoms with Gasteiger partial charge in [0.05, 0.1) is 12.1 Å². The Labute approximate surface area is 91.4 Å². The topological polar surface area (TPSA) is 35.2 Å². The van der Waals surface area contributed by atoms with Crippen LogP contribution in [0.4, 0.5) is 0 Å². The molecular formula is C13H19NO. The molecule has 2 nitrogen and oxygen atoms in total. The Morgan fingerprint density at radius 3 is 2.67 bits per heavy atom. The van der Waals surface area contributed by atoms with E-state index >= 15 is 0 Å². The van der Waals surface area contributed by atoms with E-state index in [9.17, 15) is 0 Å². The predicted octanol–water partition coefficient (Wildman–Crippen LogP) is 2.43. The van der Waals surface area contributed by atoms with Crippen molar-refractivity contribution in [3.8, 4) is 0 Å². The Bertz CT molecular complexity index is 301. The minimum atomic E-state index is 0.0402. The van der Waals surface area contributed by atoms with E-state index in [1.54, 1.807) is 0 Å². The summed E-state index contributed by atoms with van der Waals surface area (Å²) in [4.78, 5) is 0. The number of nitrogens with two attached hydrogens (primary N) is 1. The molecule has 1 saturated heterocycles. The fourth-order valence-corrected chi connectivity index (χ4v) is 2.08. The fraction of sp³-hybridized carbons (Fsp3) is 0.538. The van der Waals surface area contributed by atoms with Crippen molar-refractivity contribution < 1.29 is 4.74 Å². The molecule has 82 valence electrons. The molecular weight excluding hydrogens is 186 g/mol. The number of hydrogen-bond donors (Lipinski definition) is 1. The molecule has 0 spiro atoms. The fourth-order valence-electron chi connectivity index (χ4n) is 2.08. The van der Waals surface area contributed by atoms with E-state index in [4.69, 9.17) is 10.5 Å². The highest BCUT2D eigenvalue weighted by atomic mass is 16.5. The number of aryl methyl sites for hydroxylation is 1. The molecule has 0 bridgehead atoms.